The highest BCUT2D eigenvalue weighted by atomic mass is 32.2. The van der Waals surface area contributed by atoms with Crippen LogP contribution in [0, 0.1) is 5.82 Å². The number of carbonyl (C=O) groups excluding carboxylic acids is 3. The molecule has 3 amide bonds. The molecule has 2 N–H and O–H groups in total. The van der Waals surface area contributed by atoms with Crippen molar-refractivity contribution in [1.82, 2.24) is 4.90 Å². The molecule has 0 bridgehead atoms. The number of carboxylic acid groups (broad SMARTS) is 1. The Morgan fingerprint density at radius 1 is 1.03 bits per heavy atom. The number of benzene rings is 2. The quantitative estimate of drug-likeness (QED) is 0.479. The number of hydrogen-bond acceptors (Lipinski definition) is 6. The summed E-state index contributed by atoms with van der Waals surface area (Å²) in [4.78, 5) is 52.3. The molecule has 2 heterocycles. The SMILES string of the molecule is O=C(O)CCN1C(=O)/C(=C2\C(=O)N(CC(=O)Nc3ccc(F)cc3)c3ccccc32)SC1=S. The summed E-state index contributed by atoms with van der Waals surface area (Å²) in [6.07, 6.45) is -0.282. The van der Waals surface area contributed by atoms with Gasteiger partial charge in [0, 0.05) is 17.8 Å². The van der Waals surface area contributed by atoms with E-state index in [-0.39, 0.29) is 34.3 Å². The fraction of sp³-hybridized carbons (Fsp3) is 0.136. The number of thioether (sulfide) groups is 1. The molecule has 0 atom stereocenters. The van der Waals surface area contributed by atoms with E-state index >= 15 is 0 Å². The number of hydrogen-bond donors (Lipinski definition) is 2. The van der Waals surface area contributed by atoms with E-state index in [1.165, 1.54) is 29.2 Å². The lowest BCUT2D eigenvalue weighted by atomic mass is 10.1. The maximum atomic E-state index is 13.3. The normalized spacial score (nSPS) is 17.5. The molecule has 0 aliphatic carbocycles. The molecule has 2 aromatic carbocycles. The number of fused-ring (bicyclic) bond motifs is 1. The Hall–Kier alpha value is -3.57. The van der Waals surface area contributed by atoms with Crippen molar-refractivity contribution >= 4 is 68.9 Å². The third-order valence-electron chi connectivity index (χ3n) is 4.98. The second kappa shape index (κ2) is 9.12. The lowest BCUT2D eigenvalue weighted by Gasteiger charge is -2.16. The molecule has 0 radical (unpaired) electrons. The fourth-order valence-corrected chi connectivity index (χ4v) is 4.86. The van der Waals surface area contributed by atoms with Gasteiger partial charge in [0.15, 0.2) is 0 Å². The van der Waals surface area contributed by atoms with Gasteiger partial charge in [-0.25, -0.2) is 4.39 Å². The second-order valence-electron chi connectivity index (χ2n) is 7.14. The molecule has 33 heavy (non-hydrogen) atoms. The molecule has 0 saturated carbocycles. The molecule has 0 aromatic heterocycles. The lowest BCUT2D eigenvalue weighted by molar-refractivity contribution is -0.137. The topological polar surface area (TPSA) is 107 Å². The predicted molar refractivity (Wildman–Crippen MR) is 125 cm³/mol. The Morgan fingerprint density at radius 3 is 2.42 bits per heavy atom. The summed E-state index contributed by atoms with van der Waals surface area (Å²) in [6, 6.07) is 12.0. The van der Waals surface area contributed by atoms with E-state index in [1.54, 1.807) is 24.3 Å². The van der Waals surface area contributed by atoms with E-state index in [1.807, 2.05) is 0 Å². The number of nitrogens with zero attached hydrogens (tertiary/aromatic N) is 2. The van der Waals surface area contributed by atoms with Gasteiger partial charge in [-0.3, -0.25) is 29.0 Å². The van der Waals surface area contributed by atoms with Crippen molar-refractivity contribution in [2.75, 3.05) is 23.3 Å². The number of rotatable bonds is 6. The fourth-order valence-electron chi connectivity index (χ4n) is 3.48. The van der Waals surface area contributed by atoms with Gasteiger partial charge < -0.3 is 10.4 Å². The van der Waals surface area contributed by atoms with Gasteiger partial charge in [-0.2, -0.15) is 0 Å². The first-order valence-electron chi connectivity index (χ1n) is 9.72. The summed E-state index contributed by atoms with van der Waals surface area (Å²) < 4.78 is 13.3. The van der Waals surface area contributed by atoms with Crippen LogP contribution in [0.4, 0.5) is 15.8 Å². The minimum absolute atomic E-state index is 0.101. The van der Waals surface area contributed by atoms with Gasteiger partial charge in [0.1, 0.15) is 16.7 Å². The second-order valence-corrected chi connectivity index (χ2v) is 8.78. The van der Waals surface area contributed by atoms with Gasteiger partial charge in [0.05, 0.1) is 22.6 Å². The van der Waals surface area contributed by atoms with Gasteiger partial charge >= 0.3 is 5.97 Å². The minimum atomic E-state index is -1.07. The molecule has 0 unspecified atom stereocenters. The Labute approximate surface area is 197 Å². The first kappa shape index (κ1) is 22.6. The van der Waals surface area contributed by atoms with Gasteiger partial charge in [-0.1, -0.05) is 42.2 Å². The summed E-state index contributed by atoms with van der Waals surface area (Å²) in [6.45, 7) is -0.424. The number of carbonyl (C=O) groups is 4. The number of aliphatic carboxylic acids is 1. The van der Waals surface area contributed by atoms with Crippen LogP contribution in [0.2, 0.25) is 0 Å². The Bertz CT molecular complexity index is 1230. The largest absolute Gasteiger partial charge is 0.481 e. The first-order valence-corrected chi connectivity index (χ1v) is 10.9. The molecule has 2 aromatic rings. The predicted octanol–water partition coefficient (Wildman–Crippen LogP) is 2.86. The van der Waals surface area contributed by atoms with E-state index in [2.05, 4.69) is 5.32 Å². The Morgan fingerprint density at radius 2 is 1.73 bits per heavy atom. The van der Waals surface area contributed by atoms with E-state index in [4.69, 9.17) is 17.3 Å². The summed E-state index contributed by atoms with van der Waals surface area (Å²) in [5, 5.41) is 11.5. The van der Waals surface area contributed by atoms with Crippen LogP contribution in [-0.2, 0) is 19.2 Å². The van der Waals surface area contributed by atoms with Crippen molar-refractivity contribution < 1.29 is 28.7 Å². The van der Waals surface area contributed by atoms with Crippen molar-refractivity contribution in [3.05, 3.63) is 64.8 Å². The average Bonchev–Trinajstić information content (AvgIpc) is 3.20. The molecule has 2 aliphatic rings. The third-order valence-corrected chi connectivity index (χ3v) is 6.43. The van der Waals surface area contributed by atoms with Crippen molar-refractivity contribution in [3.8, 4) is 0 Å². The monoisotopic (exact) mass is 485 g/mol. The van der Waals surface area contributed by atoms with Crippen molar-refractivity contribution in [3.63, 3.8) is 0 Å². The molecule has 2 aliphatic heterocycles. The van der Waals surface area contributed by atoms with Crippen LogP contribution in [-0.4, -0.2) is 51.1 Å². The molecule has 168 valence electrons. The Kier molecular flexibility index (Phi) is 6.25. The van der Waals surface area contributed by atoms with Crippen LogP contribution < -0.4 is 10.2 Å². The summed E-state index contributed by atoms with van der Waals surface area (Å²) in [5.41, 5.74) is 1.44. The third kappa shape index (κ3) is 4.50. The van der Waals surface area contributed by atoms with Crippen LogP contribution >= 0.6 is 24.0 Å². The first-order chi connectivity index (χ1) is 15.8. The minimum Gasteiger partial charge on any atom is -0.481 e. The highest BCUT2D eigenvalue weighted by Crippen LogP contribution is 2.44. The van der Waals surface area contributed by atoms with Crippen LogP contribution in [0.1, 0.15) is 12.0 Å². The molecular formula is C22H16FN3O5S2. The van der Waals surface area contributed by atoms with Gasteiger partial charge in [0.25, 0.3) is 11.8 Å². The lowest BCUT2D eigenvalue weighted by Crippen LogP contribution is -2.35. The van der Waals surface area contributed by atoms with Gasteiger partial charge in [0.2, 0.25) is 5.91 Å². The molecule has 4 rings (SSSR count). The number of para-hydroxylation sites is 1. The zero-order valence-corrected chi connectivity index (χ0v) is 18.5. The molecule has 11 heteroatoms. The highest BCUT2D eigenvalue weighted by Gasteiger charge is 2.42. The van der Waals surface area contributed by atoms with E-state index in [0.29, 0.717) is 16.9 Å². The standard InChI is InChI=1S/C22H16FN3O5S2/c23-12-5-7-13(8-6-12)24-16(27)11-26-15-4-2-1-3-14(15)18(20(26)30)19-21(31)25(22(32)33-19)10-9-17(28)29/h1-8H,9-11H2,(H,24,27)(H,28,29)/b19-18+. The number of thiocarbonyl (C=S) groups is 1. The van der Waals surface area contributed by atoms with Crippen molar-refractivity contribution in [1.29, 1.82) is 0 Å². The van der Waals surface area contributed by atoms with Crippen LogP contribution in [0.15, 0.2) is 53.4 Å². The summed E-state index contributed by atoms with van der Waals surface area (Å²) in [7, 11) is 0. The highest BCUT2D eigenvalue weighted by molar-refractivity contribution is 8.26. The molecule has 0 spiro atoms. The van der Waals surface area contributed by atoms with Gasteiger partial charge in [-0.15, -0.1) is 0 Å². The van der Waals surface area contributed by atoms with Crippen LogP contribution in [0.25, 0.3) is 5.57 Å². The van der Waals surface area contributed by atoms with E-state index in [0.717, 1.165) is 16.7 Å². The summed E-state index contributed by atoms with van der Waals surface area (Å²) >= 11 is 6.16. The van der Waals surface area contributed by atoms with Gasteiger partial charge in [-0.05, 0) is 30.3 Å². The molecule has 1 fully saturated rings. The molecule has 1 saturated heterocycles. The summed E-state index contributed by atoms with van der Waals surface area (Å²) in [5.74, 6) is -3.09. The van der Waals surface area contributed by atoms with E-state index in [9.17, 15) is 23.6 Å². The van der Waals surface area contributed by atoms with E-state index < -0.39 is 29.5 Å². The smallest absolute Gasteiger partial charge is 0.305 e. The van der Waals surface area contributed by atoms with Crippen molar-refractivity contribution in [2.45, 2.75) is 6.42 Å². The van der Waals surface area contributed by atoms with Crippen LogP contribution in [0.5, 0.6) is 0 Å². The number of carboxylic acids is 1. The zero-order chi connectivity index (χ0) is 23.7. The average molecular weight is 486 g/mol. The zero-order valence-electron chi connectivity index (χ0n) is 16.9. The number of nitrogens with one attached hydrogen (secondary N) is 1. The molecule has 8 nitrogen and oxygen atoms in total. The van der Waals surface area contributed by atoms with Crippen LogP contribution in [0.3, 0.4) is 0 Å². The number of anilines is 2. The van der Waals surface area contributed by atoms with Crippen molar-refractivity contribution in [2.24, 2.45) is 0 Å². The maximum Gasteiger partial charge on any atom is 0.305 e. The Balaban J connectivity index is 1.61. The number of halogens is 1. The maximum absolute atomic E-state index is 13.3. The molecular weight excluding hydrogens is 469 g/mol. The number of amides is 3.